The fraction of sp³-hybridized carbons (Fsp3) is 0.235. The Morgan fingerprint density at radius 1 is 0.952 bits per heavy atom. The summed E-state index contributed by atoms with van der Waals surface area (Å²) in [5.41, 5.74) is 4.68. The van der Waals surface area contributed by atoms with Crippen LogP contribution in [0.4, 0.5) is 11.4 Å². The lowest BCUT2D eigenvalue weighted by atomic mass is 10.0. The van der Waals surface area contributed by atoms with E-state index < -0.39 is 0 Å². The molecule has 0 radical (unpaired) electrons. The minimum absolute atomic E-state index is 0.618. The summed E-state index contributed by atoms with van der Waals surface area (Å²) in [5, 5.41) is 7.19. The first-order valence-corrected chi connectivity index (χ1v) is 8.28. The summed E-state index contributed by atoms with van der Waals surface area (Å²) in [7, 11) is 0. The molecule has 4 heteroatoms. The highest BCUT2D eigenvalue weighted by Crippen LogP contribution is 2.23. The summed E-state index contributed by atoms with van der Waals surface area (Å²) < 4.78 is 1.05. The van der Waals surface area contributed by atoms with Crippen LogP contribution < -0.4 is 10.6 Å². The molecule has 2 aromatic carbocycles. The van der Waals surface area contributed by atoms with Gasteiger partial charge in [-0.25, -0.2) is 0 Å². The number of nitrogens with one attached hydrogen (secondary N) is 2. The Morgan fingerprint density at radius 2 is 1.52 bits per heavy atom. The summed E-state index contributed by atoms with van der Waals surface area (Å²) in [5.74, 6) is 0. The van der Waals surface area contributed by atoms with E-state index in [0.717, 1.165) is 28.7 Å². The molecule has 2 nitrogen and oxygen atoms in total. The molecule has 0 bridgehead atoms. The summed E-state index contributed by atoms with van der Waals surface area (Å²) >= 11 is 8.86. The molecule has 110 valence electrons. The van der Waals surface area contributed by atoms with E-state index in [0.29, 0.717) is 5.11 Å². The zero-order valence-electron chi connectivity index (χ0n) is 12.2. The van der Waals surface area contributed by atoms with Crippen molar-refractivity contribution in [2.75, 3.05) is 10.6 Å². The van der Waals surface area contributed by atoms with Gasteiger partial charge in [-0.05, 0) is 60.5 Å². The van der Waals surface area contributed by atoms with Gasteiger partial charge in [-0.2, -0.15) is 0 Å². The van der Waals surface area contributed by atoms with Crippen molar-refractivity contribution in [1.29, 1.82) is 0 Å². The third-order valence-corrected chi connectivity index (χ3v) is 4.07. The van der Waals surface area contributed by atoms with Gasteiger partial charge in [-0.15, -0.1) is 0 Å². The molecule has 2 N–H and O–H groups in total. The summed E-state index contributed by atoms with van der Waals surface area (Å²) in [6.07, 6.45) is 1.97. The van der Waals surface area contributed by atoms with E-state index >= 15 is 0 Å². The Balaban J connectivity index is 2.14. The molecule has 21 heavy (non-hydrogen) atoms. The lowest BCUT2D eigenvalue weighted by Gasteiger charge is -2.17. The van der Waals surface area contributed by atoms with Crippen molar-refractivity contribution in [3.63, 3.8) is 0 Å². The molecule has 0 heterocycles. The van der Waals surface area contributed by atoms with Crippen LogP contribution in [0.25, 0.3) is 0 Å². The van der Waals surface area contributed by atoms with E-state index in [1.807, 2.05) is 24.3 Å². The molecule has 0 aromatic heterocycles. The molecular weight excluding hydrogens is 344 g/mol. The molecule has 0 fully saturated rings. The number of halogens is 1. The Morgan fingerprint density at radius 3 is 2.05 bits per heavy atom. The van der Waals surface area contributed by atoms with Crippen molar-refractivity contribution < 1.29 is 0 Å². The van der Waals surface area contributed by atoms with Crippen molar-refractivity contribution >= 4 is 44.6 Å². The van der Waals surface area contributed by atoms with Crippen LogP contribution in [0, 0.1) is 0 Å². The molecule has 0 aliphatic heterocycles. The summed E-state index contributed by atoms with van der Waals surface area (Å²) in [6.45, 7) is 4.32. The Hall–Kier alpha value is -1.39. The second-order valence-electron chi connectivity index (χ2n) is 4.74. The van der Waals surface area contributed by atoms with Gasteiger partial charge in [0.25, 0.3) is 0 Å². The van der Waals surface area contributed by atoms with Gasteiger partial charge < -0.3 is 10.6 Å². The number of benzene rings is 2. The second-order valence-corrected chi connectivity index (χ2v) is 6.07. The largest absolute Gasteiger partial charge is 0.332 e. The molecule has 0 saturated carbocycles. The van der Waals surface area contributed by atoms with Gasteiger partial charge in [0.15, 0.2) is 5.11 Å². The van der Waals surface area contributed by atoms with Gasteiger partial charge in [0.05, 0.1) is 0 Å². The maximum Gasteiger partial charge on any atom is 0.175 e. The molecule has 0 aliphatic rings. The predicted octanol–water partition coefficient (Wildman–Crippen LogP) is 5.38. The van der Waals surface area contributed by atoms with Crippen LogP contribution in [-0.2, 0) is 12.8 Å². The molecule has 0 amide bonds. The Kier molecular flexibility index (Phi) is 5.76. The number of para-hydroxylation sites is 1. The van der Waals surface area contributed by atoms with Gasteiger partial charge in [0.1, 0.15) is 0 Å². The molecular formula is C17H19BrN2S. The van der Waals surface area contributed by atoms with Gasteiger partial charge in [-0.3, -0.25) is 0 Å². The lowest BCUT2D eigenvalue weighted by molar-refractivity contribution is 1.09. The molecule has 0 unspecified atom stereocenters. The normalized spacial score (nSPS) is 10.2. The zero-order valence-corrected chi connectivity index (χ0v) is 14.6. The van der Waals surface area contributed by atoms with Crippen LogP contribution in [0.2, 0.25) is 0 Å². The van der Waals surface area contributed by atoms with Crippen LogP contribution in [0.15, 0.2) is 46.9 Å². The van der Waals surface area contributed by atoms with Crippen LogP contribution >= 0.6 is 28.1 Å². The SMILES string of the molecule is CCc1cccc(CC)c1NC(=S)Nc1ccc(Br)cc1. The average Bonchev–Trinajstić information content (AvgIpc) is 2.49. The Labute approximate surface area is 140 Å². The zero-order chi connectivity index (χ0) is 15.2. The van der Waals surface area contributed by atoms with Gasteiger partial charge in [0, 0.05) is 15.8 Å². The highest BCUT2D eigenvalue weighted by Gasteiger charge is 2.08. The summed E-state index contributed by atoms with van der Waals surface area (Å²) in [4.78, 5) is 0. The second kappa shape index (κ2) is 7.57. The van der Waals surface area contributed by atoms with Crippen LogP contribution in [0.3, 0.4) is 0 Å². The third kappa shape index (κ3) is 4.29. The van der Waals surface area contributed by atoms with Crippen molar-refractivity contribution in [3.8, 4) is 0 Å². The average molecular weight is 363 g/mol. The van der Waals surface area contributed by atoms with E-state index in [9.17, 15) is 0 Å². The number of anilines is 2. The van der Waals surface area contributed by atoms with Crippen molar-refractivity contribution in [2.45, 2.75) is 26.7 Å². The van der Waals surface area contributed by atoms with E-state index in [-0.39, 0.29) is 0 Å². The van der Waals surface area contributed by atoms with Crippen molar-refractivity contribution in [3.05, 3.63) is 58.1 Å². The predicted molar refractivity (Wildman–Crippen MR) is 99.2 cm³/mol. The maximum atomic E-state index is 5.43. The monoisotopic (exact) mass is 362 g/mol. The quantitative estimate of drug-likeness (QED) is 0.713. The fourth-order valence-electron chi connectivity index (χ4n) is 2.21. The number of thiocarbonyl (C=S) groups is 1. The molecule has 0 aliphatic carbocycles. The van der Waals surface area contributed by atoms with Crippen LogP contribution in [0.5, 0.6) is 0 Å². The van der Waals surface area contributed by atoms with Crippen molar-refractivity contribution in [1.82, 2.24) is 0 Å². The lowest BCUT2D eigenvalue weighted by Crippen LogP contribution is -2.20. The van der Waals surface area contributed by atoms with E-state index in [1.165, 1.54) is 11.1 Å². The smallest absolute Gasteiger partial charge is 0.175 e. The number of aryl methyl sites for hydroxylation is 2. The minimum Gasteiger partial charge on any atom is -0.332 e. The standard InChI is InChI=1S/C17H19BrN2S/c1-3-12-6-5-7-13(4-2)16(12)20-17(21)19-15-10-8-14(18)9-11-15/h5-11H,3-4H2,1-2H3,(H2,19,20,21). The molecule has 0 atom stereocenters. The van der Waals surface area contributed by atoms with Crippen LogP contribution in [0.1, 0.15) is 25.0 Å². The number of hydrogen-bond donors (Lipinski definition) is 2. The Bertz CT molecular complexity index is 601. The first-order valence-electron chi connectivity index (χ1n) is 7.08. The topological polar surface area (TPSA) is 24.1 Å². The van der Waals surface area contributed by atoms with Gasteiger partial charge in [-0.1, -0.05) is 48.0 Å². The van der Waals surface area contributed by atoms with Gasteiger partial charge >= 0.3 is 0 Å². The fourth-order valence-corrected chi connectivity index (χ4v) is 2.70. The van der Waals surface area contributed by atoms with Crippen molar-refractivity contribution in [2.24, 2.45) is 0 Å². The minimum atomic E-state index is 0.618. The number of hydrogen-bond acceptors (Lipinski definition) is 1. The first kappa shape index (κ1) is 16.0. The molecule has 2 aromatic rings. The van der Waals surface area contributed by atoms with E-state index in [2.05, 4.69) is 58.6 Å². The van der Waals surface area contributed by atoms with E-state index in [4.69, 9.17) is 12.2 Å². The number of rotatable bonds is 4. The van der Waals surface area contributed by atoms with E-state index in [1.54, 1.807) is 0 Å². The molecule has 2 rings (SSSR count). The molecule has 0 spiro atoms. The van der Waals surface area contributed by atoms with Gasteiger partial charge in [0.2, 0.25) is 0 Å². The first-order chi connectivity index (χ1) is 10.1. The van der Waals surface area contributed by atoms with Crippen LogP contribution in [-0.4, -0.2) is 5.11 Å². The third-order valence-electron chi connectivity index (χ3n) is 3.34. The molecule has 0 saturated heterocycles. The maximum absolute atomic E-state index is 5.43. The summed E-state index contributed by atoms with van der Waals surface area (Å²) in [6, 6.07) is 14.3. The highest BCUT2D eigenvalue weighted by molar-refractivity contribution is 9.10. The highest BCUT2D eigenvalue weighted by atomic mass is 79.9.